The summed E-state index contributed by atoms with van der Waals surface area (Å²) < 4.78 is 0. The fourth-order valence-corrected chi connectivity index (χ4v) is 4.23. The molecule has 0 fully saturated rings. The summed E-state index contributed by atoms with van der Waals surface area (Å²) in [6, 6.07) is 0.375. The first kappa shape index (κ1) is 13.8. The van der Waals surface area contributed by atoms with Gasteiger partial charge in [0.15, 0.2) is 5.01 Å². The average Bonchev–Trinajstić information content (AvgIpc) is 2.85. The molecule has 0 spiro atoms. The maximum atomic E-state index is 4.56. The minimum Gasteiger partial charge on any atom is -0.358 e. The molecule has 0 aliphatic heterocycles. The lowest BCUT2D eigenvalue weighted by atomic mass is 10.4. The molecule has 2 heterocycles. The number of thiazole rings is 1. The first-order valence-electron chi connectivity index (χ1n) is 5.65. The van der Waals surface area contributed by atoms with Gasteiger partial charge in [0.25, 0.3) is 0 Å². The maximum Gasteiger partial charge on any atom is 0.206 e. The Hall–Kier alpha value is -0.660. The van der Waals surface area contributed by atoms with E-state index in [9.17, 15) is 0 Å². The summed E-state index contributed by atoms with van der Waals surface area (Å²) in [7, 11) is 0. The summed E-state index contributed by atoms with van der Waals surface area (Å²) in [4.78, 5) is 5.71. The van der Waals surface area contributed by atoms with E-state index < -0.39 is 0 Å². The standard InChI is InChI=1S/C11H16N4S3/c1-6(2)12-11-15-14-10(18-11)9-7(3)13-8(17-9)5-16-4/h6H,5H2,1-4H3,(H,12,15). The van der Waals surface area contributed by atoms with Crippen LogP contribution in [0.4, 0.5) is 5.13 Å². The Morgan fingerprint density at radius 3 is 2.72 bits per heavy atom. The topological polar surface area (TPSA) is 50.7 Å². The van der Waals surface area contributed by atoms with Crippen LogP contribution in [0.15, 0.2) is 0 Å². The van der Waals surface area contributed by atoms with Crippen molar-refractivity contribution in [3.63, 3.8) is 0 Å². The van der Waals surface area contributed by atoms with Crippen molar-refractivity contribution in [1.29, 1.82) is 0 Å². The van der Waals surface area contributed by atoms with E-state index in [1.807, 2.05) is 6.92 Å². The van der Waals surface area contributed by atoms with Crippen molar-refractivity contribution in [2.24, 2.45) is 0 Å². The van der Waals surface area contributed by atoms with Gasteiger partial charge in [-0.3, -0.25) is 0 Å². The first-order chi connectivity index (χ1) is 8.60. The molecule has 0 aliphatic rings. The first-order valence-corrected chi connectivity index (χ1v) is 8.68. The second kappa shape index (κ2) is 5.99. The predicted octanol–water partition coefficient (Wildman–Crippen LogP) is 3.65. The van der Waals surface area contributed by atoms with Gasteiger partial charge >= 0.3 is 0 Å². The van der Waals surface area contributed by atoms with Crippen LogP contribution in [0.25, 0.3) is 9.88 Å². The molecule has 98 valence electrons. The van der Waals surface area contributed by atoms with E-state index in [1.165, 1.54) is 0 Å². The normalized spacial score (nSPS) is 11.2. The molecular formula is C11H16N4S3. The molecule has 0 atom stereocenters. The molecule has 0 aromatic carbocycles. The molecule has 2 aromatic heterocycles. The van der Waals surface area contributed by atoms with Crippen LogP contribution in [-0.4, -0.2) is 27.5 Å². The van der Waals surface area contributed by atoms with Gasteiger partial charge in [-0.1, -0.05) is 11.3 Å². The lowest BCUT2D eigenvalue weighted by molar-refractivity contribution is 0.888. The Balaban J connectivity index is 2.22. The monoisotopic (exact) mass is 300 g/mol. The largest absolute Gasteiger partial charge is 0.358 e. The Morgan fingerprint density at radius 1 is 1.28 bits per heavy atom. The number of hydrogen-bond donors (Lipinski definition) is 1. The fraction of sp³-hybridized carbons (Fsp3) is 0.545. The van der Waals surface area contributed by atoms with E-state index in [1.54, 1.807) is 34.4 Å². The van der Waals surface area contributed by atoms with E-state index in [0.29, 0.717) is 6.04 Å². The smallest absolute Gasteiger partial charge is 0.206 e. The van der Waals surface area contributed by atoms with Crippen molar-refractivity contribution < 1.29 is 0 Å². The van der Waals surface area contributed by atoms with Gasteiger partial charge < -0.3 is 5.32 Å². The molecule has 0 unspecified atom stereocenters. The third-order valence-electron chi connectivity index (χ3n) is 2.14. The van der Waals surface area contributed by atoms with Crippen molar-refractivity contribution in [2.75, 3.05) is 11.6 Å². The summed E-state index contributed by atoms with van der Waals surface area (Å²) in [6.07, 6.45) is 2.09. The molecule has 2 rings (SSSR count). The minimum atomic E-state index is 0.375. The average molecular weight is 300 g/mol. The summed E-state index contributed by atoms with van der Waals surface area (Å²) in [6.45, 7) is 6.22. The maximum absolute atomic E-state index is 4.56. The van der Waals surface area contributed by atoms with Crippen molar-refractivity contribution in [3.8, 4) is 9.88 Å². The van der Waals surface area contributed by atoms with Gasteiger partial charge in [0.1, 0.15) is 5.01 Å². The summed E-state index contributed by atoms with van der Waals surface area (Å²) in [5.41, 5.74) is 1.05. The molecule has 0 saturated heterocycles. The lowest BCUT2D eigenvalue weighted by Gasteiger charge is -2.02. The van der Waals surface area contributed by atoms with Crippen LogP contribution in [0.2, 0.25) is 0 Å². The van der Waals surface area contributed by atoms with E-state index in [2.05, 4.69) is 40.6 Å². The van der Waals surface area contributed by atoms with Crippen LogP contribution < -0.4 is 5.32 Å². The molecule has 0 amide bonds. The van der Waals surface area contributed by atoms with Gasteiger partial charge in [0, 0.05) is 11.8 Å². The Morgan fingerprint density at radius 2 is 2.06 bits per heavy atom. The second-order valence-corrected chi connectivity index (χ2v) is 7.09. The van der Waals surface area contributed by atoms with E-state index >= 15 is 0 Å². The third-order valence-corrected chi connectivity index (χ3v) is 5.05. The zero-order chi connectivity index (χ0) is 13.1. The number of thioether (sulfide) groups is 1. The van der Waals surface area contributed by atoms with Gasteiger partial charge in [-0.25, -0.2) is 4.98 Å². The Kier molecular flexibility index (Phi) is 4.58. The van der Waals surface area contributed by atoms with Crippen LogP contribution in [0.5, 0.6) is 0 Å². The molecule has 0 radical (unpaired) electrons. The molecule has 0 bridgehead atoms. The van der Waals surface area contributed by atoms with Gasteiger partial charge in [-0.15, -0.1) is 21.5 Å². The quantitative estimate of drug-likeness (QED) is 0.913. The molecule has 2 aromatic rings. The van der Waals surface area contributed by atoms with Crippen molar-refractivity contribution in [3.05, 3.63) is 10.7 Å². The highest BCUT2D eigenvalue weighted by Crippen LogP contribution is 2.34. The molecule has 4 nitrogen and oxygen atoms in total. The highest BCUT2D eigenvalue weighted by Gasteiger charge is 2.14. The van der Waals surface area contributed by atoms with Crippen LogP contribution in [-0.2, 0) is 5.75 Å². The molecule has 0 aliphatic carbocycles. The number of hydrogen-bond acceptors (Lipinski definition) is 7. The minimum absolute atomic E-state index is 0.375. The number of aromatic nitrogens is 3. The van der Waals surface area contributed by atoms with Gasteiger partial charge in [0.2, 0.25) is 5.13 Å². The number of rotatable bonds is 5. The van der Waals surface area contributed by atoms with Crippen LogP contribution in [0, 0.1) is 6.92 Å². The summed E-state index contributed by atoms with van der Waals surface area (Å²) in [5, 5.41) is 14.7. The summed E-state index contributed by atoms with van der Waals surface area (Å²) >= 11 is 5.10. The van der Waals surface area contributed by atoms with E-state index in [0.717, 1.165) is 31.5 Å². The highest BCUT2D eigenvalue weighted by molar-refractivity contribution is 7.97. The van der Waals surface area contributed by atoms with Crippen molar-refractivity contribution >= 4 is 39.6 Å². The SMILES string of the molecule is CSCc1nc(C)c(-c2nnc(NC(C)C)s2)s1. The Labute approximate surface area is 119 Å². The molecular weight excluding hydrogens is 284 g/mol. The molecule has 7 heteroatoms. The van der Waals surface area contributed by atoms with E-state index in [-0.39, 0.29) is 0 Å². The van der Waals surface area contributed by atoms with Crippen LogP contribution in [0.3, 0.4) is 0 Å². The third kappa shape index (κ3) is 3.21. The number of anilines is 1. The fourth-order valence-electron chi connectivity index (χ4n) is 1.46. The van der Waals surface area contributed by atoms with Gasteiger partial charge in [-0.05, 0) is 27.0 Å². The van der Waals surface area contributed by atoms with Crippen LogP contribution >= 0.6 is 34.4 Å². The molecule has 1 N–H and O–H groups in total. The predicted molar refractivity (Wildman–Crippen MR) is 81.7 cm³/mol. The number of nitrogens with zero attached hydrogens (tertiary/aromatic N) is 3. The summed E-state index contributed by atoms with van der Waals surface area (Å²) in [5.74, 6) is 0.960. The Bertz CT molecular complexity index is 518. The lowest BCUT2D eigenvalue weighted by Crippen LogP contribution is -2.08. The van der Waals surface area contributed by atoms with Crippen LogP contribution in [0.1, 0.15) is 24.5 Å². The van der Waals surface area contributed by atoms with Crippen molar-refractivity contribution in [2.45, 2.75) is 32.6 Å². The molecule has 18 heavy (non-hydrogen) atoms. The van der Waals surface area contributed by atoms with Gasteiger partial charge in [-0.2, -0.15) is 11.8 Å². The highest BCUT2D eigenvalue weighted by atomic mass is 32.2. The van der Waals surface area contributed by atoms with Gasteiger partial charge in [0.05, 0.1) is 10.6 Å². The second-order valence-electron chi connectivity index (χ2n) is 4.17. The number of aryl methyl sites for hydroxylation is 1. The zero-order valence-corrected chi connectivity index (χ0v) is 13.3. The molecule has 0 saturated carbocycles. The zero-order valence-electron chi connectivity index (χ0n) is 10.9. The number of nitrogens with one attached hydrogen (secondary N) is 1. The van der Waals surface area contributed by atoms with Crippen molar-refractivity contribution in [1.82, 2.24) is 15.2 Å². The van der Waals surface area contributed by atoms with E-state index in [4.69, 9.17) is 0 Å².